The van der Waals surface area contributed by atoms with Crippen molar-refractivity contribution in [2.75, 3.05) is 4.90 Å². The van der Waals surface area contributed by atoms with Crippen LogP contribution < -0.4 is 4.90 Å². The van der Waals surface area contributed by atoms with E-state index in [1.54, 1.807) is 11.0 Å². The highest BCUT2D eigenvalue weighted by molar-refractivity contribution is 5.96. The zero-order valence-electron chi connectivity index (χ0n) is 22.7. The first-order chi connectivity index (χ1) is 18.9. The third kappa shape index (κ3) is 7.97. The summed E-state index contributed by atoms with van der Waals surface area (Å²) in [6.45, 7) is 2.52. The smallest absolute Gasteiger partial charge is 0.339 e. The van der Waals surface area contributed by atoms with Gasteiger partial charge in [-0.15, -0.1) is 0 Å². The number of carboxylic acids is 1. The van der Waals surface area contributed by atoms with Crippen LogP contribution in [0.25, 0.3) is 0 Å². The van der Waals surface area contributed by atoms with Gasteiger partial charge < -0.3 is 15.1 Å². The summed E-state index contributed by atoms with van der Waals surface area (Å²) in [7, 11) is 0. The molecule has 2 N–H and O–H groups in total. The average Bonchev–Trinajstić information content (AvgIpc) is 3.47. The van der Waals surface area contributed by atoms with E-state index in [9.17, 15) is 19.8 Å². The SMILES string of the molecule is CCCCc1ccc(C#Cc2ccc(CN(C(=O)CCC3CCCC3)c3ccc(C(=O)O)c(O)c3)cc2)cc1. The molecule has 3 aromatic rings. The molecule has 0 saturated heterocycles. The van der Waals surface area contributed by atoms with Crippen LogP contribution in [-0.2, 0) is 17.8 Å². The van der Waals surface area contributed by atoms with E-state index in [0.29, 0.717) is 24.6 Å². The number of amides is 1. The Balaban J connectivity index is 1.47. The normalized spacial score (nSPS) is 13.1. The van der Waals surface area contributed by atoms with Gasteiger partial charge in [-0.25, -0.2) is 4.79 Å². The van der Waals surface area contributed by atoms with Gasteiger partial charge in [0, 0.05) is 29.3 Å². The molecule has 39 heavy (non-hydrogen) atoms. The molecule has 5 nitrogen and oxygen atoms in total. The fourth-order valence-electron chi connectivity index (χ4n) is 5.11. The number of hydrogen-bond acceptors (Lipinski definition) is 3. The summed E-state index contributed by atoms with van der Waals surface area (Å²) in [4.78, 5) is 26.3. The Hall–Kier alpha value is -4.04. The molecular weight excluding hydrogens is 486 g/mol. The lowest BCUT2D eigenvalue weighted by molar-refractivity contribution is -0.119. The van der Waals surface area contributed by atoms with Gasteiger partial charge in [-0.2, -0.15) is 0 Å². The minimum Gasteiger partial charge on any atom is -0.507 e. The Labute approximate surface area is 231 Å². The summed E-state index contributed by atoms with van der Waals surface area (Å²) in [5.74, 6) is 5.44. The molecule has 4 rings (SSSR count). The molecule has 1 aliphatic rings. The Morgan fingerprint density at radius 1 is 0.897 bits per heavy atom. The summed E-state index contributed by atoms with van der Waals surface area (Å²) in [5.41, 5.74) is 4.42. The van der Waals surface area contributed by atoms with Gasteiger partial charge in [-0.1, -0.05) is 75.1 Å². The van der Waals surface area contributed by atoms with E-state index in [4.69, 9.17) is 0 Å². The van der Waals surface area contributed by atoms with E-state index in [0.717, 1.165) is 29.5 Å². The number of benzene rings is 3. The van der Waals surface area contributed by atoms with Gasteiger partial charge in [0.15, 0.2) is 0 Å². The summed E-state index contributed by atoms with van der Waals surface area (Å²) >= 11 is 0. The quantitative estimate of drug-likeness (QED) is 0.273. The van der Waals surface area contributed by atoms with Crippen molar-refractivity contribution in [3.05, 3.63) is 94.5 Å². The zero-order valence-corrected chi connectivity index (χ0v) is 22.7. The van der Waals surface area contributed by atoms with Crippen LogP contribution in [0.2, 0.25) is 0 Å². The molecule has 0 spiro atoms. The Morgan fingerprint density at radius 3 is 2.08 bits per heavy atom. The van der Waals surface area contributed by atoms with E-state index in [-0.39, 0.29) is 17.2 Å². The number of hydrogen-bond donors (Lipinski definition) is 2. The van der Waals surface area contributed by atoms with Crippen molar-refractivity contribution in [2.24, 2.45) is 5.92 Å². The number of phenols is 1. The lowest BCUT2D eigenvalue weighted by Gasteiger charge is -2.24. The maximum atomic E-state index is 13.3. The molecule has 1 saturated carbocycles. The maximum absolute atomic E-state index is 13.3. The van der Waals surface area contributed by atoms with E-state index >= 15 is 0 Å². The first-order valence-corrected chi connectivity index (χ1v) is 14.0. The lowest BCUT2D eigenvalue weighted by atomic mass is 10.0. The second-order valence-corrected chi connectivity index (χ2v) is 10.4. The highest BCUT2D eigenvalue weighted by atomic mass is 16.4. The van der Waals surface area contributed by atoms with Gasteiger partial charge >= 0.3 is 5.97 Å². The molecule has 0 heterocycles. The van der Waals surface area contributed by atoms with Crippen molar-refractivity contribution in [1.82, 2.24) is 0 Å². The molecule has 0 bridgehead atoms. The number of nitrogens with zero attached hydrogens (tertiary/aromatic N) is 1. The van der Waals surface area contributed by atoms with Crippen molar-refractivity contribution in [2.45, 2.75) is 71.3 Å². The molecule has 0 radical (unpaired) electrons. The monoisotopic (exact) mass is 523 g/mol. The lowest BCUT2D eigenvalue weighted by Crippen LogP contribution is -2.30. The Kier molecular flexibility index (Phi) is 9.80. The van der Waals surface area contributed by atoms with E-state index < -0.39 is 5.97 Å². The molecule has 1 amide bonds. The van der Waals surface area contributed by atoms with E-state index in [2.05, 4.69) is 43.0 Å². The highest BCUT2D eigenvalue weighted by Gasteiger charge is 2.22. The molecule has 5 heteroatoms. The second-order valence-electron chi connectivity index (χ2n) is 10.4. The van der Waals surface area contributed by atoms with Gasteiger partial charge in [0.1, 0.15) is 11.3 Å². The predicted octanol–water partition coefficient (Wildman–Crippen LogP) is 7.34. The van der Waals surface area contributed by atoms with E-state index in [1.165, 1.54) is 56.2 Å². The van der Waals surface area contributed by atoms with Gasteiger partial charge in [0.25, 0.3) is 0 Å². The number of aromatic carboxylic acids is 1. The van der Waals surface area contributed by atoms with Crippen molar-refractivity contribution < 1.29 is 19.8 Å². The fraction of sp³-hybridized carbons (Fsp3) is 0.353. The number of unbranched alkanes of at least 4 members (excludes halogenated alkanes) is 1. The van der Waals surface area contributed by atoms with Crippen LogP contribution in [0, 0.1) is 17.8 Å². The molecule has 0 atom stereocenters. The first kappa shape index (κ1) is 28.0. The van der Waals surface area contributed by atoms with Crippen LogP contribution in [0.3, 0.4) is 0 Å². The highest BCUT2D eigenvalue weighted by Crippen LogP contribution is 2.31. The van der Waals surface area contributed by atoms with Gasteiger partial charge in [-0.3, -0.25) is 4.79 Å². The summed E-state index contributed by atoms with van der Waals surface area (Å²) in [6.07, 6.45) is 9.54. The predicted molar refractivity (Wildman–Crippen MR) is 155 cm³/mol. The van der Waals surface area contributed by atoms with Crippen LogP contribution in [0.15, 0.2) is 66.7 Å². The topological polar surface area (TPSA) is 77.8 Å². The molecule has 0 aliphatic heterocycles. The second kappa shape index (κ2) is 13.7. The number of aromatic hydroxyl groups is 1. The van der Waals surface area contributed by atoms with Crippen LogP contribution in [-0.4, -0.2) is 22.1 Å². The van der Waals surface area contributed by atoms with Gasteiger partial charge in [0.05, 0.1) is 6.54 Å². The molecule has 1 aliphatic carbocycles. The van der Waals surface area contributed by atoms with Crippen molar-refractivity contribution in [3.63, 3.8) is 0 Å². The average molecular weight is 524 g/mol. The Morgan fingerprint density at radius 2 is 1.51 bits per heavy atom. The number of anilines is 1. The first-order valence-electron chi connectivity index (χ1n) is 14.0. The number of carboxylic acid groups (broad SMARTS) is 1. The number of carbonyl (C=O) groups is 2. The van der Waals surface area contributed by atoms with Crippen molar-refractivity contribution in [3.8, 4) is 17.6 Å². The maximum Gasteiger partial charge on any atom is 0.339 e. The van der Waals surface area contributed by atoms with Crippen LogP contribution >= 0.6 is 0 Å². The molecule has 0 unspecified atom stereocenters. The minimum atomic E-state index is -1.21. The summed E-state index contributed by atoms with van der Waals surface area (Å²) < 4.78 is 0. The number of rotatable bonds is 10. The minimum absolute atomic E-state index is 0.0318. The molecule has 1 fully saturated rings. The largest absolute Gasteiger partial charge is 0.507 e. The summed E-state index contributed by atoms with van der Waals surface area (Å²) in [5, 5.41) is 19.5. The fourth-order valence-corrected chi connectivity index (χ4v) is 5.11. The zero-order chi connectivity index (χ0) is 27.6. The molecule has 3 aromatic carbocycles. The standard InChI is InChI=1S/C34H37NO4/c1-2-3-6-26-9-11-27(12-10-26)13-14-28-15-17-29(18-16-28)24-35(33(37)22-19-25-7-4-5-8-25)30-20-21-31(34(38)39)32(36)23-30/h9-12,15-18,20-21,23,25,36H,2-8,19,22,24H2,1H3,(H,38,39). The van der Waals surface area contributed by atoms with Crippen LogP contribution in [0.5, 0.6) is 5.75 Å². The number of carbonyl (C=O) groups excluding carboxylic acids is 1. The third-order valence-electron chi connectivity index (χ3n) is 7.48. The van der Waals surface area contributed by atoms with Crippen molar-refractivity contribution in [1.29, 1.82) is 0 Å². The molecule has 202 valence electrons. The third-order valence-corrected chi connectivity index (χ3v) is 7.48. The van der Waals surface area contributed by atoms with Gasteiger partial charge in [-0.05, 0) is 72.7 Å². The Bertz CT molecular complexity index is 1330. The van der Waals surface area contributed by atoms with Crippen LogP contribution in [0.1, 0.15) is 90.9 Å². The molecule has 0 aromatic heterocycles. The van der Waals surface area contributed by atoms with Gasteiger partial charge in [0.2, 0.25) is 5.91 Å². The van der Waals surface area contributed by atoms with Crippen LogP contribution in [0.4, 0.5) is 5.69 Å². The molecular formula is C34H37NO4. The number of aryl methyl sites for hydroxylation is 1. The van der Waals surface area contributed by atoms with Crippen molar-refractivity contribution >= 4 is 17.6 Å². The van der Waals surface area contributed by atoms with E-state index in [1.807, 2.05) is 24.3 Å². The summed E-state index contributed by atoms with van der Waals surface area (Å²) in [6, 6.07) is 20.5.